The van der Waals surface area contributed by atoms with Crippen LogP contribution in [0.4, 0.5) is 5.69 Å². The lowest BCUT2D eigenvalue weighted by molar-refractivity contribution is 0.106. The Hall–Kier alpha value is -1.81. The van der Waals surface area contributed by atoms with Gasteiger partial charge in [0, 0.05) is 31.2 Å². The van der Waals surface area contributed by atoms with Gasteiger partial charge in [-0.15, -0.1) is 0 Å². The highest BCUT2D eigenvalue weighted by molar-refractivity contribution is 5.45. The zero-order valence-corrected chi connectivity index (χ0v) is 11.7. The van der Waals surface area contributed by atoms with Crippen LogP contribution in [0.3, 0.4) is 0 Å². The standard InChI is InChI=1S/C15H21N3O/c1-12(13(2)19-3)17-15-7-5-14(6-8-15)11-18-10-4-9-16-18/h4-10,12-13,17H,11H2,1-3H3. The van der Waals surface area contributed by atoms with Gasteiger partial charge in [-0.2, -0.15) is 5.10 Å². The average Bonchev–Trinajstić information content (AvgIpc) is 2.93. The molecule has 0 aliphatic heterocycles. The summed E-state index contributed by atoms with van der Waals surface area (Å²) in [7, 11) is 1.73. The van der Waals surface area contributed by atoms with Gasteiger partial charge in [0.05, 0.1) is 12.6 Å². The van der Waals surface area contributed by atoms with E-state index < -0.39 is 0 Å². The molecule has 1 aromatic carbocycles. The summed E-state index contributed by atoms with van der Waals surface area (Å²) in [6, 6.07) is 10.6. The first-order chi connectivity index (χ1) is 9.19. The topological polar surface area (TPSA) is 39.1 Å². The zero-order chi connectivity index (χ0) is 13.7. The highest BCUT2D eigenvalue weighted by atomic mass is 16.5. The summed E-state index contributed by atoms with van der Waals surface area (Å²) in [5.74, 6) is 0. The monoisotopic (exact) mass is 259 g/mol. The molecule has 2 atom stereocenters. The Kier molecular flexibility index (Phi) is 4.58. The molecule has 4 heteroatoms. The minimum Gasteiger partial charge on any atom is -0.380 e. The molecule has 19 heavy (non-hydrogen) atoms. The second-order valence-electron chi connectivity index (χ2n) is 4.77. The predicted octanol–water partition coefficient (Wildman–Crippen LogP) is 2.77. The molecule has 1 aromatic heterocycles. The van der Waals surface area contributed by atoms with Gasteiger partial charge in [-0.25, -0.2) is 0 Å². The Balaban J connectivity index is 1.94. The highest BCUT2D eigenvalue weighted by Gasteiger charge is 2.10. The quantitative estimate of drug-likeness (QED) is 0.867. The summed E-state index contributed by atoms with van der Waals surface area (Å²) in [5.41, 5.74) is 2.35. The van der Waals surface area contributed by atoms with Gasteiger partial charge in [-0.05, 0) is 37.6 Å². The highest BCUT2D eigenvalue weighted by Crippen LogP contribution is 2.13. The van der Waals surface area contributed by atoms with Gasteiger partial charge in [0.1, 0.15) is 0 Å². The Morgan fingerprint density at radius 2 is 2.00 bits per heavy atom. The fraction of sp³-hybridized carbons (Fsp3) is 0.400. The van der Waals surface area contributed by atoms with Gasteiger partial charge < -0.3 is 10.1 Å². The number of nitrogens with zero attached hydrogens (tertiary/aromatic N) is 2. The van der Waals surface area contributed by atoms with Gasteiger partial charge in [-0.1, -0.05) is 12.1 Å². The lowest BCUT2D eigenvalue weighted by Crippen LogP contribution is -2.29. The maximum absolute atomic E-state index is 5.30. The van der Waals surface area contributed by atoms with Crippen LogP contribution in [0.15, 0.2) is 42.7 Å². The van der Waals surface area contributed by atoms with Crippen LogP contribution >= 0.6 is 0 Å². The van der Waals surface area contributed by atoms with Crippen molar-refractivity contribution < 1.29 is 4.74 Å². The summed E-state index contributed by atoms with van der Waals surface area (Å²) < 4.78 is 7.22. The molecular formula is C15H21N3O. The lowest BCUT2D eigenvalue weighted by Gasteiger charge is -2.21. The molecule has 2 unspecified atom stereocenters. The first kappa shape index (κ1) is 13.6. The van der Waals surface area contributed by atoms with Crippen molar-refractivity contribution in [1.29, 1.82) is 0 Å². The maximum Gasteiger partial charge on any atom is 0.0741 e. The van der Waals surface area contributed by atoms with Crippen molar-refractivity contribution in [2.45, 2.75) is 32.5 Å². The van der Waals surface area contributed by atoms with E-state index in [2.05, 4.69) is 48.5 Å². The number of anilines is 1. The Morgan fingerprint density at radius 1 is 1.26 bits per heavy atom. The summed E-state index contributed by atoms with van der Waals surface area (Å²) in [6.45, 7) is 4.98. The molecule has 2 aromatic rings. The largest absolute Gasteiger partial charge is 0.380 e. The van der Waals surface area contributed by atoms with E-state index in [-0.39, 0.29) is 12.1 Å². The molecule has 0 saturated heterocycles. The fourth-order valence-corrected chi connectivity index (χ4v) is 1.87. The summed E-state index contributed by atoms with van der Waals surface area (Å²) in [4.78, 5) is 0. The third-order valence-corrected chi connectivity index (χ3v) is 3.33. The number of nitrogens with one attached hydrogen (secondary N) is 1. The van der Waals surface area contributed by atoms with Crippen molar-refractivity contribution in [2.75, 3.05) is 12.4 Å². The first-order valence-corrected chi connectivity index (χ1v) is 6.54. The van der Waals surface area contributed by atoms with E-state index in [0.29, 0.717) is 0 Å². The molecule has 0 aliphatic rings. The summed E-state index contributed by atoms with van der Waals surface area (Å²) in [6.07, 6.45) is 3.95. The molecule has 102 valence electrons. The van der Waals surface area contributed by atoms with Gasteiger partial charge >= 0.3 is 0 Å². The molecule has 2 rings (SSSR count). The smallest absolute Gasteiger partial charge is 0.0741 e. The van der Waals surface area contributed by atoms with Crippen molar-refractivity contribution >= 4 is 5.69 Å². The number of ether oxygens (including phenoxy) is 1. The van der Waals surface area contributed by atoms with Gasteiger partial charge in [0.2, 0.25) is 0 Å². The van der Waals surface area contributed by atoms with Gasteiger partial charge in [-0.3, -0.25) is 4.68 Å². The summed E-state index contributed by atoms with van der Waals surface area (Å²) >= 11 is 0. The molecule has 0 amide bonds. The van der Waals surface area contributed by atoms with Crippen molar-refractivity contribution in [3.05, 3.63) is 48.3 Å². The molecule has 0 bridgehead atoms. The minimum absolute atomic E-state index is 0.184. The summed E-state index contributed by atoms with van der Waals surface area (Å²) in [5, 5.41) is 7.63. The maximum atomic E-state index is 5.30. The van der Waals surface area contributed by atoms with Gasteiger partial charge in [0.25, 0.3) is 0 Å². The lowest BCUT2D eigenvalue weighted by atomic mass is 10.1. The number of benzene rings is 1. The van der Waals surface area contributed by atoms with E-state index in [4.69, 9.17) is 4.74 Å². The molecule has 4 nitrogen and oxygen atoms in total. The van der Waals surface area contributed by atoms with Crippen molar-refractivity contribution in [3.8, 4) is 0 Å². The van der Waals surface area contributed by atoms with Crippen LogP contribution < -0.4 is 5.32 Å². The molecule has 1 heterocycles. The molecular weight excluding hydrogens is 238 g/mol. The van der Waals surface area contributed by atoms with Crippen LogP contribution in [0.5, 0.6) is 0 Å². The number of methoxy groups -OCH3 is 1. The predicted molar refractivity (Wildman–Crippen MR) is 77.3 cm³/mol. The van der Waals surface area contributed by atoms with E-state index in [1.165, 1.54) is 5.56 Å². The van der Waals surface area contributed by atoms with Crippen molar-refractivity contribution in [1.82, 2.24) is 9.78 Å². The Labute approximate surface area is 114 Å². The first-order valence-electron chi connectivity index (χ1n) is 6.54. The second-order valence-corrected chi connectivity index (χ2v) is 4.77. The minimum atomic E-state index is 0.184. The molecule has 1 N–H and O–H groups in total. The Morgan fingerprint density at radius 3 is 2.58 bits per heavy atom. The molecule has 0 aliphatic carbocycles. The normalized spacial score (nSPS) is 14.1. The van der Waals surface area contributed by atoms with E-state index >= 15 is 0 Å². The van der Waals surface area contributed by atoms with E-state index in [1.807, 2.05) is 16.9 Å². The SMILES string of the molecule is COC(C)C(C)Nc1ccc(Cn2cccn2)cc1. The van der Waals surface area contributed by atoms with Gasteiger partial charge in [0.15, 0.2) is 0 Å². The van der Waals surface area contributed by atoms with Crippen LogP contribution in [-0.4, -0.2) is 29.0 Å². The van der Waals surface area contributed by atoms with Crippen LogP contribution in [0.1, 0.15) is 19.4 Å². The van der Waals surface area contributed by atoms with Crippen LogP contribution in [0, 0.1) is 0 Å². The number of rotatable bonds is 6. The molecule has 0 radical (unpaired) electrons. The van der Waals surface area contributed by atoms with Crippen LogP contribution in [-0.2, 0) is 11.3 Å². The van der Waals surface area contributed by atoms with Crippen LogP contribution in [0.25, 0.3) is 0 Å². The van der Waals surface area contributed by atoms with Crippen LogP contribution in [0.2, 0.25) is 0 Å². The van der Waals surface area contributed by atoms with Crippen molar-refractivity contribution in [2.24, 2.45) is 0 Å². The fourth-order valence-electron chi connectivity index (χ4n) is 1.87. The van der Waals surface area contributed by atoms with E-state index in [9.17, 15) is 0 Å². The average molecular weight is 259 g/mol. The number of hydrogen-bond donors (Lipinski definition) is 1. The molecule has 0 spiro atoms. The third kappa shape index (κ3) is 3.83. The zero-order valence-electron chi connectivity index (χ0n) is 11.7. The Bertz CT molecular complexity index is 479. The van der Waals surface area contributed by atoms with E-state index in [0.717, 1.165) is 12.2 Å². The van der Waals surface area contributed by atoms with Crippen molar-refractivity contribution in [3.63, 3.8) is 0 Å². The number of hydrogen-bond acceptors (Lipinski definition) is 3. The molecule has 0 saturated carbocycles. The number of aromatic nitrogens is 2. The second kappa shape index (κ2) is 6.38. The van der Waals surface area contributed by atoms with E-state index in [1.54, 1.807) is 13.3 Å². The third-order valence-electron chi connectivity index (χ3n) is 3.33. The molecule has 0 fully saturated rings.